The lowest BCUT2D eigenvalue weighted by Crippen LogP contribution is -2.42. The minimum absolute atomic E-state index is 0. The molecule has 150 valence electrons. The van der Waals surface area contributed by atoms with E-state index in [9.17, 15) is 4.79 Å². The third kappa shape index (κ3) is 4.69. The van der Waals surface area contributed by atoms with Crippen LogP contribution in [0.25, 0.3) is 0 Å². The lowest BCUT2D eigenvalue weighted by molar-refractivity contribution is -0.136. The van der Waals surface area contributed by atoms with Gasteiger partial charge in [0.05, 0.1) is 0 Å². The molecule has 2 N–H and O–H groups in total. The fourth-order valence-electron chi connectivity index (χ4n) is 4.71. The van der Waals surface area contributed by atoms with Gasteiger partial charge in [-0.2, -0.15) is 0 Å². The Kier molecular flexibility index (Phi) is 6.88. The smallest absolute Gasteiger partial charge is 0.231 e. The van der Waals surface area contributed by atoms with Crippen LogP contribution in [-0.2, 0) is 11.3 Å². The topological polar surface area (TPSA) is 64.8 Å². The number of ether oxygens (including phenoxy) is 2. The quantitative estimate of drug-likeness (QED) is 0.819. The summed E-state index contributed by atoms with van der Waals surface area (Å²) in [5, 5.41) is 0. The van der Waals surface area contributed by atoms with Crippen molar-refractivity contribution in [3.8, 4) is 11.5 Å². The van der Waals surface area contributed by atoms with E-state index in [0.29, 0.717) is 24.9 Å². The molecule has 5 nitrogen and oxygen atoms in total. The molecule has 1 aliphatic heterocycles. The zero-order valence-electron chi connectivity index (χ0n) is 15.9. The van der Waals surface area contributed by atoms with E-state index in [4.69, 9.17) is 15.2 Å². The Morgan fingerprint density at radius 2 is 1.81 bits per heavy atom. The highest BCUT2D eigenvalue weighted by Gasteiger charge is 2.31. The number of hydrogen-bond acceptors (Lipinski definition) is 4. The molecule has 1 aromatic carbocycles. The second-order valence-corrected chi connectivity index (χ2v) is 8.06. The molecule has 2 fully saturated rings. The van der Waals surface area contributed by atoms with Crippen molar-refractivity contribution in [3.63, 3.8) is 0 Å². The zero-order valence-corrected chi connectivity index (χ0v) is 16.7. The van der Waals surface area contributed by atoms with Crippen LogP contribution in [0.4, 0.5) is 0 Å². The summed E-state index contributed by atoms with van der Waals surface area (Å²) >= 11 is 0. The predicted molar refractivity (Wildman–Crippen MR) is 107 cm³/mol. The van der Waals surface area contributed by atoms with Crippen LogP contribution in [0.3, 0.4) is 0 Å². The first kappa shape index (κ1) is 20.3. The van der Waals surface area contributed by atoms with Gasteiger partial charge >= 0.3 is 0 Å². The summed E-state index contributed by atoms with van der Waals surface area (Å²) in [7, 11) is 0. The van der Waals surface area contributed by atoms with Gasteiger partial charge in [0.1, 0.15) is 0 Å². The Balaban J connectivity index is 0.00000210. The van der Waals surface area contributed by atoms with Crippen LogP contribution in [-0.4, -0.2) is 29.7 Å². The molecular weight excluding hydrogens is 364 g/mol. The SMILES string of the molecule is Cl.N[C@@H]1CCC[C@H]1CC(=O)N(Cc1ccc2c(c1)OCO2)C1CCCCC1. The third-order valence-electron chi connectivity index (χ3n) is 6.28. The minimum atomic E-state index is 0. The molecule has 0 unspecified atom stereocenters. The highest BCUT2D eigenvalue weighted by molar-refractivity contribution is 5.85. The van der Waals surface area contributed by atoms with Gasteiger partial charge in [0.2, 0.25) is 12.7 Å². The largest absolute Gasteiger partial charge is 0.454 e. The van der Waals surface area contributed by atoms with Gasteiger partial charge < -0.3 is 20.1 Å². The number of fused-ring (bicyclic) bond motifs is 1. The van der Waals surface area contributed by atoms with Crippen LogP contribution in [0.2, 0.25) is 0 Å². The average Bonchev–Trinajstić information content (AvgIpc) is 3.29. The predicted octanol–water partition coefficient (Wildman–Crippen LogP) is 4.02. The lowest BCUT2D eigenvalue weighted by atomic mass is 9.92. The number of nitrogens with two attached hydrogens (primary N) is 1. The second-order valence-electron chi connectivity index (χ2n) is 8.06. The standard InChI is InChI=1S/C21H30N2O3.ClH/c22-18-8-4-5-16(18)12-21(24)23(17-6-2-1-3-7-17)13-15-9-10-19-20(11-15)26-14-25-19;/h9-11,16-18H,1-8,12-14,22H2;1H/t16-,18+;/m0./s1. The van der Waals surface area contributed by atoms with Crippen molar-refractivity contribution in [2.75, 3.05) is 6.79 Å². The van der Waals surface area contributed by atoms with Gasteiger partial charge in [0.25, 0.3) is 0 Å². The van der Waals surface area contributed by atoms with E-state index in [2.05, 4.69) is 11.0 Å². The first-order valence-corrected chi connectivity index (χ1v) is 10.1. The van der Waals surface area contributed by atoms with E-state index < -0.39 is 0 Å². The Morgan fingerprint density at radius 1 is 1.04 bits per heavy atom. The van der Waals surface area contributed by atoms with Crippen LogP contribution in [0, 0.1) is 5.92 Å². The summed E-state index contributed by atoms with van der Waals surface area (Å²) in [4.78, 5) is 15.3. The first-order chi connectivity index (χ1) is 12.7. The number of rotatable bonds is 5. The summed E-state index contributed by atoms with van der Waals surface area (Å²) in [6.07, 6.45) is 9.87. The minimum Gasteiger partial charge on any atom is -0.454 e. The van der Waals surface area contributed by atoms with Gasteiger partial charge in [-0.1, -0.05) is 31.7 Å². The number of carbonyl (C=O) groups excluding carboxylic acids is 1. The number of carbonyl (C=O) groups is 1. The van der Waals surface area contributed by atoms with E-state index in [1.165, 1.54) is 19.3 Å². The number of halogens is 1. The van der Waals surface area contributed by atoms with E-state index in [1.54, 1.807) is 0 Å². The number of nitrogens with zero attached hydrogens (tertiary/aromatic N) is 1. The van der Waals surface area contributed by atoms with E-state index in [0.717, 1.165) is 49.2 Å². The molecule has 2 atom stereocenters. The molecule has 0 radical (unpaired) electrons. The molecule has 27 heavy (non-hydrogen) atoms. The number of amides is 1. The fraction of sp³-hybridized carbons (Fsp3) is 0.667. The normalized spacial score (nSPS) is 24.5. The van der Waals surface area contributed by atoms with Crippen molar-refractivity contribution >= 4 is 18.3 Å². The maximum atomic E-state index is 13.2. The molecule has 0 saturated heterocycles. The molecule has 0 bridgehead atoms. The van der Waals surface area contributed by atoms with Crippen molar-refractivity contribution in [2.24, 2.45) is 11.7 Å². The van der Waals surface area contributed by atoms with Crippen LogP contribution < -0.4 is 15.2 Å². The molecule has 1 amide bonds. The molecule has 4 rings (SSSR count). The van der Waals surface area contributed by atoms with Gasteiger partial charge in [-0.25, -0.2) is 0 Å². The number of hydrogen-bond donors (Lipinski definition) is 1. The van der Waals surface area contributed by atoms with Crippen LogP contribution in [0.15, 0.2) is 18.2 Å². The van der Waals surface area contributed by atoms with Crippen LogP contribution in [0.5, 0.6) is 11.5 Å². The average molecular weight is 395 g/mol. The lowest BCUT2D eigenvalue weighted by Gasteiger charge is -2.35. The molecule has 2 saturated carbocycles. The molecule has 1 aromatic rings. The van der Waals surface area contributed by atoms with Gasteiger partial charge in [-0.05, 0) is 49.3 Å². The summed E-state index contributed by atoms with van der Waals surface area (Å²) in [5.74, 6) is 2.21. The molecular formula is C21H31ClN2O3. The summed E-state index contributed by atoms with van der Waals surface area (Å²) in [6.45, 7) is 0.936. The van der Waals surface area contributed by atoms with Crippen molar-refractivity contribution in [3.05, 3.63) is 23.8 Å². The summed E-state index contributed by atoms with van der Waals surface area (Å²) < 4.78 is 10.9. The van der Waals surface area contributed by atoms with Crippen molar-refractivity contribution in [1.82, 2.24) is 4.90 Å². The Hall–Kier alpha value is -1.46. The van der Waals surface area contributed by atoms with E-state index >= 15 is 0 Å². The highest BCUT2D eigenvalue weighted by atomic mass is 35.5. The molecule has 6 heteroatoms. The molecule has 1 heterocycles. The Labute approximate surface area is 168 Å². The van der Waals surface area contributed by atoms with Crippen molar-refractivity contribution in [2.45, 2.75) is 76.4 Å². The number of benzene rings is 1. The van der Waals surface area contributed by atoms with Gasteiger partial charge in [-0.3, -0.25) is 4.79 Å². The van der Waals surface area contributed by atoms with E-state index in [-0.39, 0.29) is 31.1 Å². The fourth-order valence-corrected chi connectivity index (χ4v) is 4.71. The van der Waals surface area contributed by atoms with Crippen LogP contribution >= 0.6 is 12.4 Å². The molecule has 0 aromatic heterocycles. The third-order valence-corrected chi connectivity index (χ3v) is 6.28. The van der Waals surface area contributed by atoms with Crippen molar-refractivity contribution < 1.29 is 14.3 Å². The Morgan fingerprint density at radius 3 is 2.56 bits per heavy atom. The highest BCUT2D eigenvalue weighted by Crippen LogP contribution is 2.34. The zero-order chi connectivity index (χ0) is 17.9. The summed E-state index contributed by atoms with van der Waals surface area (Å²) in [5.41, 5.74) is 7.33. The van der Waals surface area contributed by atoms with Crippen molar-refractivity contribution in [1.29, 1.82) is 0 Å². The van der Waals surface area contributed by atoms with Gasteiger partial charge in [0, 0.05) is 25.0 Å². The first-order valence-electron chi connectivity index (χ1n) is 10.1. The van der Waals surface area contributed by atoms with E-state index in [1.807, 2.05) is 12.1 Å². The molecule has 0 spiro atoms. The second kappa shape index (κ2) is 9.16. The maximum absolute atomic E-state index is 13.2. The monoisotopic (exact) mass is 394 g/mol. The maximum Gasteiger partial charge on any atom is 0.231 e. The van der Waals surface area contributed by atoms with Gasteiger partial charge in [0.15, 0.2) is 11.5 Å². The molecule has 2 aliphatic carbocycles. The van der Waals surface area contributed by atoms with Gasteiger partial charge in [-0.15, -0.1) is 12.4 Å². The molecule has 3 aliphatic rings. The van der Waals surface area contributed by atoms with Crippen LogP contribution in [0.1, 0.15) is 63.4 Å². The summed E-state index contributed by atoms with van der Waals surface area (Å²) in [6, 6.07) is 6.58. The Bertz CT molecular complexity index is 648.